The van der Waals surface area contributed by atoms with Crippen molar-refractivity contribution in [3.8, 4) is 0 Å². The van der Waals surface area contributed by atoms with Gasteiger partial charge in [0.05, 0.1) is 0 Å². The number of fused-ring (bicyclic) bond motifs is 1. The van der Waals surface area contributed by atoms with Crippen molar-refractivity contribution in [1.29, 1.82) is 0 Å². The van der Waals surface area contributed by atoms with Crippen LogP contribution in [0.3, 0.4) is 0 Å². The molecule has 6 heteroatoms. The fourth-order valence-electron chi connectivity index (χ4n) is 3.67. The summed E-state index contributed by atoms with van der Waals surface area (Å²) >= 11 is 0. The Labute approximate surface area is 111 Å². The summed E-state index contributed by atoms with van der Waals surface area (Å²) in [6, 6.07) is 0.324. The minimum Gasteiger partial charge on any atom is -0.333 e. The summed E-state index contributed by atoms with van der Waals surface area (Å²) in [5.74, 6) is 1.30. The van der Waals surface area contributed by atoms with Gasteiger partial charge in [0.25, 0.3) is 5.91 Å². The van der Waals surface area contributed by atoms with Crippen molar-refractivity contribution in [3.05, 3.63) is 16.3 Å². The van der Waals surface area contributed by atoms with Gasteiger partial charge < -0.3 is 4.90 Å². The highest BCUT2D eigenvalue weighted by atomic mass is 16.2. The molecule has 6 nitrogen and oxygen atoms in total. The van der Waals surface area contributed by atoms with Crippen LogP contribution in [0.25, 0.3) is 0 Å². The lowest BCUT2D eigenvalue weighted by molar-refractivity contribution is 0.0208. The number of nitrogens with zero attached hydrogens (tertiary/aromatic N) is 2. The van der Waals surface area contributed by atoms with E-state index >= 15 is 0 Å². The number of aromatic amines is 2. The maximum atomic E-state index is 12.4. The molecule has 2 fully saturated rings. The second kappa shape index (κ2) is 4.83. The van der Waals surface area contributed by atoms with Gasteiger partial charge in [0, 0.05) is 12.6 Å². The predicted octanol–water partition coefficient (Wildman–Crippen LogP) is 1.14. The van der Waals surface area contributed by atoms with Gasteiger partial charge in [0.1, 0.15) is 0 Å². The fourth-order valence-corrected chi connectivity index (χ4v) is 3.67. The van der Waals surface area contributed by atoms with E-state index in [1.165, 1.54) is 19.3 Å². The smallest absolute Gasteiger partial charge is 0.333 e. The average molecular weight is 264 g/mol. The van der Waals surface area contributed by atoms with Crippen LogP contribution in [-0.4, -0.2) is 38.6 Å². The molecule has 3 atom stereocenters. The van der Waals surface area contributed by atoms with E-state index in [1.807, 2.05) is 4.90 Å². The Kier molecular flexibility index (Phi) is 3.16. The number of carbonyl (C=O) groups is 1. The fraction of sp³-hybridized carbons (Fsp3) is 0.769. The van der Waals surface area contributed by atoms with Gasteiger partial charge in [0.15, 0.2) is 0 Å². The van der Waals surface area contributed by atoms with Crippen LogP contribution in [0.1, 0.15) is 49.6 Å². The predicted molar refractivity (Wildman–Crippen MR) is 69.8 cm³/mol. The first-order chi connectivity index (χ1) is 9.16. The SMILES string of the molecule is C[C@@H]1CCN(C(=O)c2n[nH]c(=O)[nH]2)[C@H]2CCCC[C@H]12. The Morgan fingerprint density at radius 3 is 2.84 bits per heavy atom. The van der Waals surface area contributed by atoms with Crippen molar-refractivity contribution >= 4 is 5.91 Å². The molecule has 2 aliphatic rings. The van der Waals surface area contributed by atoms with Gasteiger partial charge in [-0.2, -0.15) is 0 Å². The third-order valence-electron chi connectivity index (χ3n) is 4.70. The van der Waals surface area contributed by atoms with E-state index in [0.29, 0.717) is 17.9 Å². The maximum Gasteiger partial charge on any atom is 0.341 e. The maximum absolute atomic E-state index is 12.4. The molecule has 0 unspecified atom stereocenters. The summed E-state index contributed by atoms with van der Waals surface area (Å²) in [5.41, 5.74) is -0.422. The van der Waals surface area contributed by atoms with Crippen molar-refractivity contribution < 1.29 is 4.79 Å². The molecule has 1 aromatic heterocycles. The summed E-state index contributed by atoms with van der Waals surface area (Å²) in [7, 11) is 0. The standard InChI is InChI=1S/C13H20N4O2/c1-8-6-7-17(10-5-3-2-4-9(8)10)12(18)11-14-13(19)16-15-11/h8-10H,2-7H2,1H3,(H2,14,15,16,19)/t8-,9-,10+/m1/s1. The van der Waals surface area contributed by atoms with Crippen LogP contribution >= 0.6 is 0 Å². The van der Waals surface area contributed by atoms with E-state index < -0.39 is 5.69 Å². The molecule has 1 aliphatic heterocycles. The monoisotopic (exact) mass is 264 g/mol. The van der Waals surface area contributed by atoms with E-state index in [4.69, 9.17) is 0 Å². The van der Waals surface area contributed by atoms with Crippen LogP contribution in [0.5, 0.6) is 0 Å². The lowest BCUT2D eigenvalue weighted by Gasteiger charge is -2.47. The Morgan fingerprint density at radius 1 is 1.32 bits per heavy atom. The van der Waals surface area contributed by atoms with Crippen molar-refractivity contribution in [2.45, 2.75) is 45.1 Å². The van der Waals surface area contributed by atoms with Crippen molar-refractivity contribution in [2.24, 2.45) is 11.8 Å². The minimum absolute atomic E-state index is 0.137. The minimum atomic E-state index is -0.422. The largest absolute Gasteiger partial charge is 0.341 e. The molecule has 1 amide bonds. The van der Waals surface area contributed by atoms with Crippen LogP contribution in [0.15, 0.2) is 4.79 Å². The molecule has 0 spiro atoms. The molecule has 104 valence electrons. The molecular weight excluding hydrogens is 244 g/mol. The molecule has 1 aromatic rings. The number of aromatic nitrogens is 3. The zero-order valence-corrected chi connectivity index (χ0v) is 11.2. The normalized spacial score (nSPS) is 31.0. The van der Waals surface area contributed by atoms with E-state index in [1.54, 1.807) is 0 Å². The van der Waals surface area contributed by atoms with Crippen LogP contribution in [-0.2, 0) is 0 Å². The molecule has 2 heterocycles. The van der Waals surface area contributed by atoms with E-state index in [2.05, 4.69) is 22.1 Å². The summed E-state index contributed by atoms with van der Waals surface area (Å²) in [6.45, 7) is 3.07. The molecule has 3 rings (SSSR count). The number of likely N-dealkylation sites (tertiary alicyclic amines) is 1. The molecule has 1 saturated heterocycles. The lowest BCUT2D eigenvalue weighted by atomic mass is 9.72. The van der Waals surface area contributed by atoms with Crippen molar-refractivity contribution in [3.63, 3.8) is 0 Å². The number of amides is 1. The van der Waals surface area contributed by atoms with E-state index in [-0.39, 0.29) is 11.7 Å². The number of H-pyrrole nitrogens is 2. The van der Waals surface area contributed by atoms with Crippen molar-refractivity contribution in [1.82, 2.24) is 20.1 Å². The Hall–Kier alpha value is -1.59. The van der Waals surface area contributed by atoms with E-state index in [9.17, 15) is 9.59 Å². The van der Waals surface area contributed by atoms with Crippen LogP contribution in [0.4, 0.5) is 0 Å². The average Bonchev–Trinajstić information content (AvgIpc) is 2.86. The number of rotatable bonds is 1. The number of piperidine rings is 1. The molecule has 0 radical (unpaired) electrons. The number of carbonyl (C=O) groups excluding carboxylic acids is 1. The highest BCUT2D eigenvalue weighted by Crippen LogP contribution is 2.39. The van der Waals surface area contributed by atoms with Crippen LogP contribution in [0.2, 0.25) is 0 Å². The third-order valence-corrected chi connectivity index (χ3v) is 4.70. The summed E-state index contributed by atoms with van der Waals surface area (Å²) in [6.07, 6.45) is 5.80. The lowest BCUT2D eigenvalue weighted by Crippen LogP contribution is -2.52. The first-order valence-electron chi connectivity index (χ1n) is 7.12. The summed E-state index contributed by atoms with van der Waals surface area (Å²) in [5, 5.41) is 6.02. The number of nitrogens with one attached hydrogen (secondary N) is 2. The van der Waals surface area contributed by atoms with Gasteiger partial charge in [-0.1, -0.05) is 19.8 Å². The first kappa shape index (κ1) is 12.4. The molecule has 1 saturated carbocycles. The van der Waals surface area contributed by atoms with Gasteiger partial charge in [-0.25, -0.2) is 9.89 Å². The molecule has 1 aliphatic carbocycles. The van der Waals surface area contributed by atoms with E-state index in [0.717, 1.165) is 19.4 Å². The molecule has 2 N–H and O–H groups in total. The van der Waals surface area contributed by atoms with Crippen molar-refractivity contribution in [2.75, 3.05) is 6.54 Å². The summed E-state index contributed by atoms with van der Waals surface area (Å²) in [4.78, 5) is 27.9. The van der Waals surface area contributed by atoms with Crippen LogP contribution < -0.4 is 5.69 Å². The summed E-state index contributed by atoms with van der Waals surface area (Å²) < 4.78 is 0. The zero-order chi connectivity index (χ0) is 13.4. The second-order valence-corrected chi connectivity index (χ2v) is 5.81. The molecule has 0 bridgehead atoms. The molecular formula is C13H20N4O2. The Morgan fingerprint density at radius 2 is 2.11 bits per heavy atom. The number of hydrogen-bond acceptors (Lipinski definition) is 3. The molecule has 19 heavy (non-hydrogen) atoms. The van der Waals surface area contributed by atoms with Crippen LogP contribution in [0, 0.1) is 11.8 Å². The van der Waals surface area contributed by atoms with Gasteiger partial charge in [0.2, 0.25) is 5.82 Å². The zero-order valence-electron chi connectivity index (χ0n) is 11.2. The van der Waals surface area contributed by atoms with Gasteiger partial charge in [-0.3, -0.25) is 9.78 Å². The van der Waals surface area contributed by atoms with Gasteiger partial charge in [-0.15, -0.1) is 5.10 Å². The quantitative estimate of drug-likeness (QED) is 0.798. The van der Waals surface area contributed by atoms with Gasteiger partial charge >= 0.3 is 5.69 Å². The topological polar surface area (TPSA) is 81.8 Å². The highest BCUT2D eigenvalue weighted by Gasteiger charge is 2.40. The number of hydrogen-bond donors (Lipinski definition) is 2. The van der Waals surface area contributed by atoms with Gasteiger partial charge in [-0.05, 0) is 31.1 Å². The first-order valence-corrected chi connectivity index (χ1v) is 7.12. The third kappa shape index (κ3) is 2.19. The Balaban J connectivity index is 1.83. The molecule has 0 aromatic carbocycles. The Bertz CT molecular complexity index is 521. The highest BCUT2D eigenvalue weighted by molar-refractivity contribution is 5.90. The second-order valence-electron chi connectivity index (χ2n) is 5.81.